The summed E-state index contributed by atoms with van der Waals surface area (Å²) in [5.74, 6) is 0. The molecule has 0 aromatic carbocycles. The minimum atomic E-state index is 0. The quantitative estimate of drug-likeness (QED) is 0.533. The van der Waals surface area contributed by atoms with E-state index in [1.54, 1.807) is 0 Å². The molecule has 0 aliphatic heterocycles. The summed E-state index contributed by atoms with van der Waals surface area (Å²) in [6, 6.07) is 0. The molecule has 2 aliphatic rings. The monoisotopic (exact) mass is 299 g/mol. The second-order valence-corrected chi connectivity index (χ2v) is 4.33. The first-order valence-corrected chi connectivity index (χ1v) is 5.72. The number of hydrogen-bond donors (Lipinski definition) is 0. The largest absolute Gasteiger partial charge is 0.290 e. The molecule has 17 heavy (non-hydrogen) atoms. The minimum absolute atomic E-state index is 0. The smallest absolute Gasteiger partial charge is 0 e. The van der Waals surface area contributed by atoms with Gasteiger partial charge in [-0.3, -0.25) is 6.58 Å². The third-order valence-corrected chi connectivity index (χ3v) is 3.15. The van der Waals surface area contributed by atoms with Crippen LogP contribution in [0.1, 0.15) is 26.7 Å². The maximum absolute atomic E-state index is 5.94. The molecule has 0 fully saturated rings. The normalized spacial score (nSPS) is 16.4. The first-order valence-electron chi connectivity index (χ1n) is 5.72. The molecule has 0 atom stereocenters. The van der Waals surface area contributed by atoms with Crippen molar-refractivity contribution >= 4 is 0 Å². The van der Waals surface area contributed by atoms with Crippen molar-refractivity contribution in [2.75, 3.05) is 0 Å². The van der Waals surface area contributed by atoms with Crippen LogP contribution in [0.5, 0.6) is 0 Å². The number of rotatable bonds is 3. The average Bonchev–Trinajstić information content (AvgIpc) is 2.89. The van der Waals surface area contributed by atoms with Crippen molar-refractivity contribution in [3.8, 4) is 0 Å². The summed E-state index contributed by atoms with van der Waals surface area (Å²) in [5.41, 5.74) is 6.24. The molecule has 0 saturated heterocycles. The van der Waals surface area contributed by atoms with E-state index in [1.807, 2.05) is 6.92 Å². The Morgan fingerprint density at radius 2 is 1.47 bits per heavy atom. The summed E-state index contributed by atoms with van der Waals surface area (Å²) in [6.07, 6.45) is 15.1. The van der Waals surface area contributed by atoms with E-state index >= 15 is 0 Å². The third kappa shape index (κ3) is 3.16. The Bertz CT molecular complexity index is 436. The molecule has 2 aliphatic carbocycles. The van der Waals surface area contributed by atoms with Gasteiger partial charge < -0.3 is 0 Å². The standard InChI is InChI=1S/C16H17.Zr/c1-12(2)13(3)16(14-8-4-5-9-14)15-10-6-7-11-15;/h1,4-8,10H,9,11H2,2-3H3;/q-1;. The summed E-state index contributed by atoms with van der Waals surface area (Å²) in [7, 11) is 0. The van der Waals surface area contributed by atoms with Gasteiger partial charge in [0.15, 0.2) is 0 Å². The van der Waals surface area contributed by atoms with Gasteiger partial charge in [0.2, 0.25) is 0 Å². The van der Waals surface area contributed by atoms with Crippen LogP contribution >= 0.6 is 0 Å². The van der Waals surface area contributed by atoms with Crippen molar-refractivity contribution < 1.29 is 26.2 Å². The molecule has 86 valence electrons. The fourth-order valence-electron chi connectivity index (χ4n) is 2.15. The zero-order chi connectivity index (χ0) is 11.5. The average molecular weight is 301 g/mol. The summed E-state index contributed by atoms with van der Waals surface area (Å²) in [6.45, 7) is 10.0. The van der Waals surface area contributed by atoms with Crippen molar-refractivity contribution in [2.45, 2.75) is 26.7 Å². The van der Waals surface area contributed by atoms with Crippen molar-refractivity contribution in [1.29, 1.82) is 0 Å². The van der Waals surface area contributed by atoms with Gasteiger partial charge in [0.25, 0.3) is 0 Å². The molecule has 0 spiro atoms. The van der Waals surface area contributed by atoms with Crippen molar-refractivity contribution in [2.24, 2.45) is 0 Å². The molecule has 0 radical (unpaired) electrons. The Kier molecular flexibility index (Phi) is 5.34. The van der Waals surface area contributed by atoms with Crippen LogP contribution in [0.2, 0.25) is 0 Å². The van der Waals surface area contributed by atoms with Crippen LogP contribution in [0, 0.1) is 6.58 Å². The van der Waals surface area contributed by atoms with Crippen LogP contribution in [0.25, 0.3) is 0 Å². The Hall–Kier alpha value is -0.677. The molecule has 1 heteroatoms. The Balaban J connectivity index is 0.00000144. The third-order valence-electron chi connectivity index (χ3n) is 3.15. The summed E-state index contributed by atoms with van der Waals surface area (Å²) in [5, 5.41) is 0. The van der Waals surface area contributed by atoms with Gasteiger partial charge in [-0.15, -0.1) is 6.92 Å². The Morgan fingerprint density at radius 1 is 1.00 bits per heavy atom. The van der Waals surface area contributed by atoms with Crippen LogP contribution < -0.4 is 0 Å². The van der Waals surface area contributed by atoms with Gasteiger partial charge in [0.05, 0.1) is 0 Å². The van der Waals surface area contributed by atoms with E-state index < -0.39 is 0 Å². The van der Waals surface area contributed by atoms with Crippen LogP contribution in [0.3, 0.4) is 0 Å². The van der Waals surface area contributed by atoms with Crippen LogP contribution in [-0.4, -0.2) is 0 Å². The van der Waals surface area contributed by atoms with E-state index in [1.165, 1.54) is 22.3 Å². The Labute approximate surface area is 123 Å². The Morgan fingerprint density at radius 3 is 1.76 bits per heavy atom. The molecular formula is C16H17Zr-. The molecule has 0 saturated carbocycles. The molecule has 0 N–H and O–H groups in total. The van der Waals surface area contributed by atoms with Gasteiger partial charge in [-0.25, -0.2) is 5.57 Å². The second-order valence-electron chi connectivity index (χ2n) is 4.33. The number of allylic oxidation sites excluding steroid dienone is 11. The predicted octanol–water partition coefficient (Wildman–Crippen LogP) is 4.45. The van der Waals surface area contributed by atoms with E-state index in [-0.39, 0.29) is 26.2 Å². The maximum Gasteiger partial charge on any atom is 0 e. The van der Waals surface area contributed by atoms with Gasteiger partial charge in [-0.2, -0.15) is 5.57 Å². The molecule has 0 aromatic rings. The number of hydrogen-bond acceptors (Lipinski definition) is 0. The van der Waals surface area contributed by atoms with Crippen LogP contribution in [0.4, 0.5) is 0 Å². The topological polar surface area (TPSA) is 0 Å². The first-order chi connectivity index (χ1) is 7.70. The van der Waals surface area contributed by atoms with E-state index in [4.69, 9.17) is 6.58 Å². The predicted molar refractivity (Wildman–Crippen MR) is 69.9 cm³/mol. The maximum atomic E-state index is 5.94. The fraction of sp³-hybridized carbons (Fsp3) is 0.250. The summed E-state index contributed by atoms with van der Waals surface area (Å²) >= 11 is 0. The molecule has 0 aromatic heterocycles. The van der Waals surface area contributed by atoms with Gasteiger partial charge in [-0.1, -0.05) is 60.1 Å². The van der Waals surface area contributed by atoms with Crippen molar-refractivity contribution in [3.63, 3.8) is 0 Å². The summed E-state index contributed by atoms with van der Waals surface area (Å²) < 4.78 is 0. The van der Waals surface area contributed by atoms with Crippen LogP contribution in [-0.2, 0) is 26.2 Å². The van der Waals surface area contributed by atoms with Gasteiger partial charge in [0.1, 0.15) is 0 Å². The molecule has 2 rings (SSSR count). The van der Waals surface area contributed by atoms with E-state index in [9.17, 15) is 0 Å². The molecular weight excluding hydrogens is 283 g/mol. The first kappa shape index (κ1) is 14.4. The fourth-order valence-corrected chi connectivity index (χ4v) is 2.15. The molecule has 0 bridgehead atoms. The van der Waals surface area contributed by atoms with Crippen molar-refractivity contribution in [1.82, 2.24) is 0 Å². The zero-order valence-corrected chi connectivity index (χ0v) is 12.9. The zero-order valence-electron chi connectivity index (χ0n) is 10.5. The van der Waals surface area contributed by atoms with E-state index in [0.717, 1.165) is 18.4 Å². The van der Waals surface area contributed by atoms with Gasteiger partial charge >= 0.3 is 0 Å². The van der Waals surface area contributed by atoms with Gasteiger partial charge in [-0.05, 0) is 12.8 Å². The van der Waals surface area contributed by atoms with E-state index in [0.29, 0.717) is 0 Å². The van der Waals surface area contributed by atoms with Crippen LogP contribution in [0.15, 0.2) is 64.3 Å². The SMILES string of the molecule is [CH-]=C(C)C(C)=C(C1=CC=CC1)C1=CC=CC1.[Zr]. The second kappa shape index (κ2) is 6.31. The molecule has 0 heterocycles. The summed E-state index contributed by atoms with van der Waals surface area (Å²) in [4.78, 5) is 0. The minimum Gasteiger partial charge on any atom is -0.290 e. The van der Waals surface area contributed by atoms with Crippen molar-refractivity contribution in [3.05, 3.63) is 70.9 Å². The molecule has 0 amide bonds. The molecule has 0 unspecified atom stereocenters. The van der Waals surface area contributed by atoms with E-state index in [2.05, 4.69) is 43.4 Å². The van der Waals surface area contributed by atoms with Gasteiger partial charge in [0, 0.05) is 26.2 Å². The molecule has 0 nitrogen and oxygen atoms in total.